The molecule has 112 valence electrons. The number of likely N-dealkylation sites (N-methyl/N-ethyl adjacent to an activating group) is 1. The van der Waals surface area contributed by atoms with E-state index < -0.39 is 0 Å². The Bertz CT molecular complexity index is 589. The summed E-state index contributed by atoms with van der Waals surface area (Å²) in [5, 5.41) is 7.55. The predicted molar refractivity (Wildman–Crippen MR) is 81.8 cm³/mol. The van der Waals surface area contributed by atoms with Gasteiger partial charge in [-0.2, -0.15) is 4.98 Å². The summed E-state index contributed by atoms with van der Waals surface area (Å²) in [5.74, 6) is 1.36. The number of benzene rings is 1. The van der Waals surface area contributed by atoms with Crippen molar-refractivity contribution in [2.45, 2.75) is 32.4 Å². The SMILES string of the molecule is Cc1ccccc1-c1noc(CN(C)C2CCCNC2)n1. The van der Waals surface area contributed by atoms with Crippen LogP contribution in [0.4, 0.5) is 0 Å². The maximum Gasteiger partial charge on any atom is 0.241 e. The van der Waals surface area contributed by atoms with Crippen molar-refractivity contribution >= 4 is 0 Å². The molecule has 21 heavy (non-hydrogen) atoms. The standard InChI is InChI=1S/C16H22N4O/c1-12-6-3-4-8-14(12)16-18-15(21-19-16)11-20(2)13-7-5-9-17-10-13/h3-4,6,8,13,17H,5,7,9-11H2,1-2H3. The molecule has 0 aliphatic carbocycles. The molecule has 2 heterocycles. The smallest absolute Gasteiger partial charge is 0.241 e. The Morgan fingerprint density at radius 2 is 2.24 bits per heavy atom. The largest absolute Gasteiger partial charge is 0.338 e. The van der Waals surface area contributed by atoms with Crippen LogP contribution in [0.3, 0.4) is 0 Å². The van der Waals surface area contributed by atoms with Crippen LogP contribution in [0.25, 0.3) is 11.4 Å². The van der Waals surface area contributed by atoms with Gasteiger partial charge in [0.05, 0.1) is 6.54 Å². The number of aromatic nitrogens is 2. The molecule has 0 spiro atoms. The maximum atomic E-state index is 5.41. The Labute approximate surface area is 125 Å². The van der Waals surface area contributed by atoms with Crippen LogP contribution in [0.2, 0.25) is 0 Å². The van der Waals surface area contributed by atoms with Crippen molar-refractivity contribution in [1.82, 2.24) is 20.4 Å². The summed E-state index contributed by atoms with van der Waals surface area (Å²) in [6.07, 6.45) is 2.45. The van der Waals surface area contributed by atoms with Crippen LogP contribution in [-0.2, 0) is 6.54 Å². The van der Waals surface area contributed by atoms with Crippen molar-refractivity contribution in [3.63, 3.8) is 0 Å². The molecule has 3 rings (SSSR count). The number of piperidine rings is 1. The quantitative estimate of drug-likeness (QED) is 0.934. The van der Waals surface area contributed by atoms with Crippen LogP contribution in [-0.4, -0.2) is 41.2 Å². The first-order valence-electron chi connectivity index (χ1n) is 7.53. The van der Waals surface area contributed by atoms with Crippen molar-refractivity contribution in [3.8, 4) is 11.4 Å². The molecule has 0 amide bonds. The zero-order chi connectivity index (χ0) is 14.7. The first-order chi connectivity index (χ1) is 10.2. The third-order valence-electron chi connectivity index (χ3n) is 4.13. The van der Waals surface area contributed by atoms with Crippen LogP contribution in [0.1, 0.15) is 24.3 Å². The van der Waals surface area contributed by atoms with Gasteiger partial charge >= 0.3 is 0 Å². The molecule has 1 aliphatic heterocycles. The van der Waals surface area contributed by atoms with Gasteiger partial charge in [0.2, 0.25) is 11.7 Å². The minimum atomic E-state index is 0.549. The van der Waals surface area contributed by atoms with Gasteiger partial charge in [-0.05, 0) is 38.9 Å². The van der Waals surface area contributed by atoms with E-state index in [9.17, 15) is 0 Å². The summed E-state index contributed by atoms with van der Waals surface area (Å²) in [6.45, 7) is 4.92. The predicted octanol–water partition coefficient (Wildman–Crippen LogP) is 2.23. The molecule has 0 radical (unpaired) electrons. The molecule has 1 fully saturated rings. The Hall–Kier alpha value is -1.72. The molecule has 0 bridgehead atoms. The van der Waals surface area contributed by atoms with Gasteiger partial charge in [-0.25, -0.2) is 0 Å². The molecular weight excluding hydrogens is 264 g/mol. The third-order valence-corrected chi connectivity index (χ3v) is 4.13. The molecule has 1 N–H and O–H groups in total. The monoisotopic (exact) mass is 286 g/mol. The minimum Gasteiger partial charge on any atom is -0.338 e. The van der Waals surface area contributed by atoms with E-state index in [4.69, 9.17) is 4.52 Å². The van der Waals surface area contributed by atoms with Crippen LogP contribution in [0, 0.1) is 6.92 Å². The van der Waals surface area contributed by atoms with Gasteiger partial charge in [0.15, 0.2) is 0 Å². The second-order valence-corrected chi connectivity index (χ2v) is 5.74. The Kier molecular flexibility index (Phi) is 4.31. The van der Waals surface area contributed by atoms with E-state index in [1.54, 1.807) is 0 Å². The average Bonchev–Trinajstić information content (AvgIpc) is 2.97. The first kappa shape index (κ1) is 14.2. The van der Waals surface area contributed by atoms with E-state index in [0.717, 1.165) is 24.2 Å². The molecule has 1 saturated heterocycles. The van der Waals surface area contributed by atoms with Crippen molar-refractivity contribution in [2.24, 2.45) is 0 Å². The molecule has 1 unspecified atom stereocenters. The van der Waals surface area contributed by atoms with Crippen LogP contribution < -0.4 is 5.32 Å². The van der Waals surface area contributed by atoms with E-state index in [-0.39, 0.29) is 0 Å². The van der Waals surface area contributed by atoms with Crippen LogP contribution in [0.5, 0.6) is 0 Å². The van der Waals surface area contributed by atoms with E-state index in [0.29, 0.717) is 24.3 Å². The maximum absolute atomic E-state index is 5.41. The zero-order valence-corrected chi connectivity index (χ0v) is 12.7. The van der Waals surface area contributed by atoms with E-state index >= 15 is 0 Å². The fourth-order valence-electron chi connectivity index (χ4n) is 2.80. The molecule has 5 nitrogen and oxygen atoms in total. The summed E-state index contributed by atoms with van der Waals surface area (Å²) >= 11 is 0. The van der Waals surface area contributed by atoms with Crippen LogP contribution in [0.15, 0.2) is 28.8 Å². The van der Waals surface area contributed by atoms with Gasteiger partial charge in [0.1, 0.15) is 0 Å². The number of hydrogen-bond donors (Lipinski definition) is 1. The van der Waals surface area contributed by atoms with Gasteiger partial charge in [-0.1, -0.05) is 29.4 Å². The molecule has 1 aromatic heterocycles. The lowest BCUT2D eigenvalue weighted by atomic mass is 10.1. The molecule has 1 aromatic carbocycles. The van der Waals surface area contributed by atoms with E-state index in [1.807, 2.05) is 18.2 Å². The zero-order valence-electron chi connectivity index (χ0n) is 12.7. The van der Waals surface area contributed by atoms with Crippen molar-refractivity contribution < 1.29 is 4.52 Å². The lowest BCUT2D eigenvalue weighted by molar-refractivity contribution is 0.174. The molecule has 5 heteroatoms. The first-order valence-corrected chi connectivity index (χ1v) is 7.53. The van der Waals surface area contributed by atoms with Crippen molar-refractivity contribution in [3.05, 3.63) is 35.7 Å². The molecule has 2 aromatic rings. The fraction of sp³-hybridized carbons (Fsp3) is 0.500. The highest BCUT2D eigenvalue weighted by Gasteiger charge is 2.20. The topological polar surface area (TPSA) is 54.2 Å². The Morgan fingerprint density at radius 3 is 3.00 bits per heavy atom. The summed E-state index contributed by atoms with van der Waals surface area (Å²) in [7, 11) is 2.12. The molecule has 1 aliphatic rings. The molecule has 0 saturated carbocycles. The Morgan fingerprint density at radius 1 is 1.38 bits per heavy atom. The Balaban J connectivity index is 1.69. The van der Waals surface area contributed by atoms with Gasteiger partial charge in [-0.3, -0.25) is 4.90 Å². The summed E-state index contributed by atoms with van der Waals surface area (Å²) in [4.78, 5) is 6.83. The van der Waals surface area contributed by atoms with Crippen molar-refractivity contribution in [2.75, 3.05) is 20.1 Å². The minimum absolute atomic E-state index is 0.549. The second kappa shape index (κ2) is 6.37. The van der Waals surface area contributed by atoms with Gasteiger partial charge in [-0.15, -0.1) is 0 Å². The number of nitrogens with one attached hydrogen (secondary N) is 1. The number of nitrogens with zero attached hydrogens (tertiary/aromatic N) is 3. The number of aryl methyl sites for hydroxylation is 1. The van der Waals surface area contributed by atoms with Crippen molar-refractivity contribution in [1.29, 1.82) is 0 Å². The summed E-state index contributed by atoms with van der Waals surface area (Å²) in [5.41, 5.74) is 2.20. The molecular formula is C16H22N4O. The highest BCUT2D eigenvalue weighted by atomic mass is 16.5. The van der Waals surface area contributed by atoms with Gasteiger partial charge in [0.25, 0.3) is 0 Å². The highest BCUT2D eigenvalue weighted by molar-refractivity contribution is 5.58. The summed E-state index contributed by atoms with van der Waals surface area (Å²) in [6, 6.07) is 8.65. The van der Waals surface area contributed by atoms with E-state index in [2.05, 4.69) is 40.4 Å². The lowest BCUT2D eigenvalue weighted by Gasteiger charge is -2.30. The summed E-state index contributed by atoms with van der Waals surface area (Å²) < 4.78 is 5.41. The average molecular weight is 286 g/mol. The number of rotatable bonds is 4. The number of hydrogen-bond acceptors (Lipinski definition) is 5. The third kappa shape index (κ3) is 3.31. The van der Waals surface area contributed by atoms with E-state index in [1.165, 1.54) is 12.8 Å². The van der Waals surface area contributed by atoms with Gasteiger partial charge in [0, 0.05) is 18.2 Å². The van der Waals surface area contributed by atoms with Crippen LogP contribution >= 0.6 is 0 Å². The fourth-order valence-corrected chi connectivity index (χ4v) is 2.80. The normalized spacial score (nSPS) is 19.1. The highest BCUT2D eigenvalue weighted by Crippen LogP contribution is 2.20. The lowest BCUT2D eigenvalue weighted by Crippen LogP contribution is -2.43. The second-order valence-electron chi connectivity index (χ2n) is 5.74. The van der Waals surface area contributed by atoms with Gasteiger partial charge < -0.3 is 9.84 Å². The molecule has 1 atom stereocenters.